The van der Waals surface area contributed by atoms with E-state index in [1.165, 1.54) is 23.3 Å². The molecule has 22 heavy (non-hydrogen) atoms. The van der Waals surface area contributed by atoms with Crippen molar-refractivity contribution in [3.05, 3.63) is 63.5 Å². The van der Waals surface area contributed by atoms with E-state index in [1.54, 1.807) is 12.1 Å². The minimum atomic E-state index is -0.407. The average Bonchev–Trinajstić information content (AvgIpc) is 2.92. The predicted molar refractivity (Wildman–Crippen MR) is 84.6 cm³/mol. The molecule has 1 aliphatic carbocycles. The molecular weight excluding hydrogens is 278 g/mol. The SMILES string of the molecule is C=C(C)C1Cc2nc(-c3ccc([N+](=O)[O-])cc3)nc(C)c2C1. The zero-order chi connectivity index (χ0) is 15.9. The number of fused-ring (bicyclic) bond motifs is 1. The minimum absolute atomic E-state index is 0.0731. The highest BCUT2D eigenvalue weighted by molar-refractivity contribution is 5.58. The monoisotopic (exact) mass is 295 g/mol. The van der Waals surface area contributed by atoms with Gasteiger partial charge >= 0.3 is 0 Å². The first-order chi connectivity index (χ1) is 10.5. The molecule has 1 aliphatic rings. The second-order valence-electron chi connectivity index (χ2n) is 5.81. The number of nitrogens with zero attached hydrogens (tertiary/aromatic N) is 3. The van der Waals surface area contributed by atoms with Gasteiger partial charge in [0.15, 0.2) is 5.82 Å². The van der Waals surface area contributed by atoms with Crippen molar-refractivity contribution in [2.24, 2.45) is 5.92 Å². The Labute approximate surface area is 128 Å². The van der Waals surface area contributed by atoms with E-state index in [0.717, 1.165) is 29.8 Å². The first kappa shape index (κ1) is 14.4. The van der Waals surface area contributed by atoms with Crippen LogP contribution in [-0.2, 0) is 12.8 Å². The third-order valence-electron chi connectivity index (χ3n) is 4.22. The summed E-state index contributed by atoms with van der Waals surface area (Å²) in [5.74, 6) is 1.07. The molecule has 0 aliphatic heterocycles. The number of hydrogen-bond acceptors (Lipinski definition) is 4. The second kappa shape index (κ2) is 5.33. The minimum Gasteiger partial charge on any atom is -0.258 e. The van der Waals surface area contributed by atoms with Gasteiger partial charge in [-0.05, 0) is 50.3 Å². The highest BCUT2D eigenvalue weighted by atomic mass is 16.6. The van der Waals surface area contributed by atoms with Crippen molar-refractivity contribution in [3.8, 4) is 11.4 Å². The van der Waals surface area contributed by atoms with Crippen LogP contribution in [0.1, 0.15) is 23.9 Å². The van der Waals surface area contributed by atoms with Crippen LogP contribution in [-0.4, -0.2) is 14.9 Å². The molecule has 112 valence electrons. The molecule has 0 N–H and O–H groups in total. The van der Waals surface area contributed by atoms with Crippen molar-refractivity contribution in [2.45, 2.75) is 26.7 Å². The topological polar surface area (TPSA) is 68.9 Å². The highest BCUT2D eigenvalue weighted by Gasteiger charge is 2.26. The van der Waals surface area contributed by atoms with Gasteiger partial charge in [-0.2, -0.15) is 0 Å². The van der Waals surface area contributed by atoms with Crippen LogP contribution in [0, 0.1) is 23.0 Å². The predicted octanol–water partition coefficient (Wildman–Crippen LogP) is 3.65. The summed E-state index contributed by atoms with van der Waals surface area (Å²) >= 11 is 0. The number of aryl methyl sites for hydroxylation is 1. The van der Waals surface area contributed by atoms with Crippen LogP contribution < -0.4 is 0 Å². The molecule has 5 heteroatoms. The zero-order valence-electron chi connectivity index (χ0n) is 12.7. The molecule has 0 spiro atoms. The van der Waals surface area contributed by atoms with E-state index in [9.17, 15) is 10.1 Å². The Kier molecular flexibility index (Phi) is 3.48. The molecule has 3 rings (SSSR count). The lowest BCUT2D eigenvalue weighted by Crippen LogP contribution is -2.00. The summed E-state index contributed by atoms with van der Waals surface area (Å²) in [7, 11) is 0. The fourth-order valence-electron chi connectivity index (χ4n) is 2.85. The quantitative estimate of drug-likeness (QED) is 0.492. The molecule has 1 heterocycles. The van der Waals surface area contributed by atoms with E-state index >= 15 is 0 Å². The largest absolute Gasteiger partial charge is 0.269 e. The smallest absolute Gasteiger partial charge is 0.258 e. The van der Waals surface area contributed by atoms with Crippen LogP contribution in [0.5, 0.6) is 0 Å². The normalized spacial score (nSPS) is 16.4. The van der Waals surface area contributed by atoms with Gasteiger partial charge in [-0.15, -0.1) is 0 Å². The number of aromatic nitrogens is 2. The highest BCUT2D eigenvalue weighted by Crippen LogP contribution is 2.32. The van der Waals surface area contributed by atoms with Gasteiger partial charge in [0.2, 0.25) is 0 Å². The van der Waals surface area contributed by atoms with E-state index in [2.05, 4.69) is 23.5 Å². The number of hydrogen-bond donors (Lipinski definition) is 0. The van der Waals surface area contributed by atoms with Crippen LogP contribution in [0.2, 0.25) is 0 Å². The second-order valence-corrected chi connectivity index (χ2v) is 5.81. The van der Waals surface area contributed by atoms with Crippen LogP contribution in [0.25, 0.3) is 11.4 Å². The number of nitro benzene ring substituents is 1. The lowest BCUT2D eigenvalue weighted by molar-refractivity contribution is -0.384. The summed E-state index contributed by atoms with van der Waals surface area (Å²) in [6, 6.07) is 6.37. The summed E-state index contributed by atoms with van der Waals surface area (Å²) in [5, 5.41) is 10.7. The third-order valence-corrected chi connectivity index (χ3v) is 4.22. The van der Waals surface area contributed by atoms with Gasteiger partial charge in [-0.3, -0.25) is 10.1 Å². The van der Waals surface area contributed by atoms with Gasteiger partial charge in [-0.25, -0.2) is 9.97 Å². The maximum atomic E-state index is 10.7. The van der Waals surface area contributed by atoms with Crippen LogP contribution in [0.15, 0.2) is 36.4 Å². The van der Waals surface area contributed by atoms with Crippen molar-refractivity contribution in [1.82, 2.24) is 9.97 Å². The Hall–Kier alpha value is -2.56. The molecule has 0 saturated carbocycles. The van der Waals surface area contributed by atoms with Gasteiger partial charge in [0.05, 0.1) is 4.92 Å². The van der Waals surface area contributed by atoms with Crippen molar-refractivity contribution < 1.29 is 4.92 Å². The van der Waals surface area contributed by atoms with Gasteiger partial charge in [0.25, 0.3) is 5.69 Å². The molecule has 1 unspecified atom stereocenters. The summed E-state index contributed by atoms with van der Waals surface area (Å²) < 4.78 is 0. The van der Waals surface area contributed by atoms with E-state index in [1.807, 2.05) is 6.92 Å². The van der Waals surface area contributed by atoms with Crippen LogP contribution in [0.4, 0.5) is 5.69 Å². The van der Waals surface area contributed by atoms with Crippen molar-refractivity contribution in [3.63, 3.8) is 0 Å². The van der Waals surface area contributed by atoms with Gasteiger partial charge in [0.1, 0.15) is 0 Å². The molecule has 1 atom stereocenters. The number of nitro groups is 1. The standard InChI is InChI=1S/C17H17N3O2/c1-10(2)13-8-15-11(3)18-17(19-16(15)9-13)12-4-6-14(7-5-12)20(21)22/h4-7,13H,1,8-9H2,2-3H3. The van der Waals surface area contributed by atoms with Crippen molar-refractivity contribution in [2.75, 3.05) is 0 Å². The Morgan fingerprint density at radius 3 is 2.55 bits per heavy atom. The fourth-order valence-corrected chi connectivity index (χ4v) is 2.85. The lowest BCUT2D eigenvalue weighted by Gasteiger charge is -2.06. The molecule has 0 amide bonds. The molecule has 5 nitrogen and oxygen atoms in total. The van der Waals surface area contributed by atoms with Crippen LogP contribution in [0.3, 0.4) is 0 Å². The molecule has 1 aromatic carbocycles. The molecule has 0 bridgehead atoms. The first-order valence-corrected chi connectivity index (χ1v) is 7.22. The molecule has 0 saturated heterocycles. The molecular formula is C17H17N3O2. The maximum absolute atomic E-state index is 10.7. The van der Waals surface area contributed by atoms with Gasteiger partial charge in [0, 0.05) is 29.1 Å². The summed E-state index contributed by atoms with van der Waals surface area (Å²) in [5.41, 5.74) is 5.34. The van der Waals surface area contributed by atoms with E-state index in [-0.39, 0.29) is 5.69 Å². The first-order valence-electron chi connectivity index (χ1n) is 7.22. The molecule has 0 fully saturated rings. The number of allylic oxidation sites excluding steroid dienone is 1. The van der Waals surface area contributed by atoms with Crippen molar-refractivity contribution >= 4 is 5.69 Å². The average molecular weight is 295 g/mol. The van der Waals surface area contributed by atoms with Gasteiger partial charge < -0.3 is 0 Å². The van der Waals surface area contributed by atoms with Crippen molar-refractivity contribution in [1.29, 1.82) is 0 Å². The number of non-ortho nitro benzene ring substituents is 1. The Morgan fingerprint density at radius 2 is 1.95 bits per heavy atom. The summed E-state index contributed by atoms with van der Waals surface area (Å²) in [6.07, 6.45) is 1.85. The third kappa shape index (κ3) is 2.50. The number of rotatable bonds is 3. The maximum Gasteiger partial charge on any atom is 0.269 e. The Balaban J connectivity index is 1.97. The van der Waals surface area contributed by atoms with E-state index < -0.39 is 4.92 Å². The molecule has 0 radical (unpaired) electrons. The Bertz CT molecular complexity index is 766. The summed E-state index contributed by atoms with van der Waals surface area (Å²) in [6.45, 7) is 8.09. The zero-order valence-corrected chi connectivity index (χ0v) is 12.7. The van der Waals surface area contributed by atoms with E-state index in [4.69, 9.17) is 0 Å². The fraction of sp³-hybridized carbons (Fsp3) is 0.294. The van der Waals surface area contributed by atoms with E-state index in [0.29, 0.717) is 11.7 Å². The molecule has 1 aromatic heterocycles. The number of benzene rings is 1. The van der Waals surface area contributed by atoms with Gasteiger partial charge in [-0.1, -0.05) is 12.2 Å². The summed E-state index contributed by atoms with van der Waals surface area (Å²) in [4.78, 5) is 19.6. The van der Waals surface area contributed by atoms with Crippen LogP contribution >= 0.6 is 0 Å². The Morgan fingerprint density at radius 1 is 1.27 bits per heavy atom. The lowest BCUT2D eigenvalue weighted by atomic mass is 9.99. The molecule has 2 aromatic rings.